The largest absolute Gasteiger partial charge is 0.395 e. The SMILES string of the molecule is CCCCN(CCO)C(c1cccnc1)C(C)N. The highest BCUT2D eigenvalue weighted by atomic mass is 16.3. The third-order valence-corrected chi connectivity index (χ3v) is 3.10. The van der Waals surface area contributed by atoms with Crippen LogP contribution in [0.15, 0.2) is 24.5 Å². The molecule has 0 aliphatic rings. The van der Waals surface area contributed by atoms with Crippen LogP contribution in [0.4, 0.5) is 0 Å². The van der Waals surface area contributed by atoms with Crippen LogP contribution in [0.2, 0.25) is 0 Å². The monoisotopic (exact) mass is 251 g/mol. The van der Waals surface area contributed by atoms with Crippen molar-refractivity contribution in [1.29, 1.82) is 0 Å². The van der Waals surface area contributed by atoms with Crippen LogP contribution in [0.25, 0.3) is 0 Å². The molecule has 0 amide bonds. The van der Waals surface area contributed by atoms with Gasteiger partial charge in [0.25, 0.3) is 0 Å². The predicted molar refractivity (Wildman–Crippen MR) is 74.2 cm³/mol. The molecule has 0 saturated heterocycles. The molecule has 4 heteroatoms. The van der Waals surface area contributed by atoms with Crippen molar-refractivity contribution < 1.29 is 5.11 Å². The van der Waals surface area contributed by atoms with Gasteiger partial charge in [0.05, 0.1) is 12.6 Å². The molecule has 0 radical (unpaired) electrons. The van der Waals surface area contributed by atoms with Gasteiger partial charge in [-0.25, -0.2) is 0 Å². The second-order valence-electron chi connectivity index (χ2n) is 4.70. The third kappa shape index (κ3) is 4.37. The maximum Gasteiger partial charge on any atom is 0.0558 e. The molecule has 0 bridgehead atoms. The first-order valence-electron chi connectivity index (χ1n) is 6.71. The minimum atomic E-state index is 0.0117. The lowest BCUT2D eigenvalue weighted by Crippen LogP contribution is -2.41. The number of hydrogen-bond acceptors (Lipinski definition) is 4. The maximum atomic E-state index is 9.22. The summed E-state index contributed by atoms with van der Waals surface area (Å²) < 4.78 is 0. The van der Waals surface area contributed by atoms with E-state index in [9.17, 15) is 5.11 Å². The molecule has 1 heterocycles. The van der Waals surface area contributed by atoms with Crippen molar-refractivity contribution in [2.75, 3.05) is 19.7 Å². The van der Waals surface area contributed by atoms with Gasteiger partial charge in [-0.2, -0.15) is 0 Å². The molecule has 0 saturated carbocycles. The van der Waals surface area contributed by atoms with Crippen molar-refractivity contribution in [3.8, 4) is 0 Å². The van der Waals surface area contributed by atoms with Crippen LogP contribution in [0.3, 0.4) is 0 Å². The van der Waals surface area contributed by atoms with E-state index in [0.29, 0.717) is 6.54 Å². The van der Waals surface area contributed by atoms with Crippen LogP contribution in [0.1, 0.15) is 38.3 Å². The van der Waals surface area contributed by atoms with Gasteiger partial charge in [0.1, 0.15) is 0 Å². The van der Waals surface area contributed by atoms with Gasteiger partial charge in [0, 0.05) is 25.0 Å². The summed E-state index contributed by atoms with van der Waals surface area (Å²) in [6, 6.07) is 4.12. The summed E-state index contributed by atoms with van der Waals surface area (Å²) in [6.45, 7) is 5.95. The van der Waals surface area contributed by atoms with E-state index in [1.54, 1.807) is 6.20 Å². The lowest BCUT2D eigenvalue weighted by atomic mass is 10.0. The third-order valence-electron chi connectivity index (χ3n) is 3.10. The highest BCUT2D eigenvalue weighted by Crippen LogP contribution is 2.23. The fourth-order valence-corrected chi connectivity index (χ4v) is 2.28. The van der Waals surface area contributed by atoms with Crippen molar-refractivity contribution in [1.82, 2.24) is 9.88 Å². The molecule has 0 aromatic carbocycles. The average Bonchev–Trinajstić information content (AvgIpc) is 2.37. The van der Waals surface area contributed by atoms with E-state index in [-0.39, 0.29) is 18.7 Å². The summed E-state index contributed by atoms with van der Waals surface area (Å²) in [5.74, 6) is 0. The Kier molecular flexibility index (Phi) is 6.86. The Morgan fingerprint density at radius 1 is 1.44 bits per heavy atom. The van der Waals surface area contributed by atoms with Gasteiger partial charge < -0.3 is 10.8 Å². The molecular weight excluding hydrogens is 226 g/mol. The number of rotatable bonds is 8. The summed E-state index contributed by atoms with van der Waals surface area (Å²) in [4.78, 5) is 6.42. The van der Waals surface area contributed by atoms with E-state index >= 15 is 0 Å². The normalized spacial score (nSPS) is 14.7. The van der Waals surface area contributed by atoms with Gasteiger partial charge in [-0.1, -0.05) is 19.4 Å². The maximum absolute atomic E-state index is 9.22. The Morgan fingerprint density at radius 3 is 2.72 bits per heavy atom. The van der Waals surface area contributed by atoms with E-state index in [4.69, 9.17) is 5.73 Å². The Hall–Kier alpha value is -0.970. The second-order valence-corrected chi connectivity index (χ2v) is 4.70. The molecule has 0 fully saturated rings. The van der Waals surface area contributed by atoms with Crippen LogP contribution in [0, 0.1) is 0 Å². The van der Waals surface area contributed by atoms with E-state index in [2.05, 4.69) is 22.9 Å². The summed E-state index contributed by atoms with van der Waals surface area (Å²) in [5.41, 5.74) is 7.24. The number of aromatic nitrogens is 1. The zero-order chi connectivity index (χ0) is 13.4. The number of hydrogen-bond donors (Lipinski definition) is 2. The van der Waals surface area contributed by atoms with Crippen LogP contribution >= 0.6 is 0 Å². The van der Waals surface area contributed by atoms with Crippen molar-refractivity contribution in [3.63, 3.8) is 0 Å². The molecule has 102 valence electrons. The predicted octanol–water partition coefficient (Wildman–Crippen LogP) is 1.56. The highest BCUT2D eigenvalue weighted by Gasteiger charge is 2.23. The Morgan fingerprint density at radius 2 is 2.22 bits per heavy atom. The number of pyridine rings is 1. The summed E-state index contributed by atoms with van der Waals surface area (Å²) >= 11 is 0. The first kappa shape index (κ1) is 15.1. The van der Waals surface area contributed by atoms with Crippen molar-refractivity contribution in [2.45, 2.75) is 38.8 Å². The minimum absolute atomic E-state index is 0.0117. The zero-order valence-electron chi connectivity index (χ0n) is 11.4. The number of nitrogens with two attached hydrogens (primary N) is 1. The highest BCUT2D eigenvalue weighted by molar-refractivity contribution is 5.16. The average molecular weight is 251 g/mol. The van der Waals surface area contributed by atoms with E-state index in [1.165, 1.54) is 0 Å². The molecule has 3 N–H and O–H groups in total. The number of aliphatic hydroxyl groups is 1. The zero-order valence-corrected chi connectivity index (χ0v) is 11.4. The fourth-order valence-electron chi connectivity index (χ4n) is 2.28. The first-order valence-corrected chi connectivity index (χ1v) is 6.71. The van der Waals surface area contributed by atoms with Crippen molar-refractivity contribution >= 4 is 0 Å². The molecule has 2 unspecified atom stereocenters. The quantitative estimate of drug-likeness (QED) is 0.736. The van der Waals surface area contributed by atoms with Gasteiger partial charge in [-0.3, -0.25) is 9.88 Å². The van der Waals surface area contributed by atoms with Crippen LogP contribution in [-0.2, 0) is 0 Å². The van der Waals surface area contributed by atoms with Gasteiger partial charge in [0.2, 0.25) is 0 Å². The molecule has 0 aliphatic heterocycles. The lowest BCUT2D eigenvalue weighted by molar-refractivity contribution is 0.135. The number of unbranched alkanes of at least 4 members (excludes halogenated alkanes) is 1. The van der Waals surface area contributed by atoms with E-state index in [0.717, 1.165) is 24.9 Å². The molecule has 1 rings (SSSR count). The molecule has 18 heavy (non-hydrogen) atoms. The van der Waals surface area contributed by atoms with Gasteiger partial charge in [0.15, 0.2) is 0 Å². The smallest absolute Gasteiger partial charge is 0.0558 e. The molecule has 2 atom stereocenters. The van der Waals surface area contributed by atoms with Crippen LogP contribution < -0.4 is 5.73 Å². The number of nitrogens with zero attached hydrogens (tertiary/aromatic N) is 2. The topological polar surface area (TPSA) is 62.4 Å². The fraction of sp³-hybridized carbons (Fsp3) is 0.643. The molecule has 0 spiro atoms. The molecule has 1 aromatic rings. The summed E-state index contributed by atoms with van der Waals surface area (Å²) in [5, 5.41) is 9.22. The summed E-state index contributed by atoms with van der Waals surface area (Å²) in [7, 11) is 0. The van der Waals surface area contributed by atoms with E-state index in [1.807, 2.05) is 19.2 Å². The summed E-state index contributed by atoms with van der Waals surface area (Å²) in [6.07, 6.45) is 5.89. The van der Waals surface area contributed by atoms with Crippen molar-refractivity contribution in [2.24, 2.45) is 5.73 Å². The van der Waals surface area contributed by atoms with Crippen LogP contribution in [0.5, 0.6) is 0 Å². The van der Waals surface area contributed by atoms with Gasteiger partial charge in [-0.15, -0.1) is 0 Å². The Labute approximate surface area is 110 Å². The van der Waals surface area contributed by atoms with Gasteiger partial charge in [-0.05, 0) is 31.5 Å². The molecule has 1 aromatic heterocycles. The first-order chi connectivity index (χ1) is 8.70. The molecule has 4 nitrogen and oxygen atoms in total. The van der Waals surface area contributed by atoms with Crippen molar-refractivity contribution in [3.05, 3.63) is 30.1 Å². The second kappa shape index (κ2) is 8.19. The molecular formula is C14H25N3O. The Bertz CT molecular complexity index is 316. The minimum Gasteiger partial charge on any atom is -0.395 e. The molecule has 0 aliphatic carbocycles. The Balaban J connectivity index is 2.86. The van der Waals surface area contributed by atoms with Crippen LogP contribution in [-0.4, -0.2) is 40.7 Å². The lowest BCUT2D eigenvalue weighted by Gasteiger charge is -2.34. The number of aliphatic hydroxyl groups excluding tert-OH is 1. The van der Waals surface area contributed by atoms with E-state index < -0.39 is 0 Å². The van der Waals surface area contributed by atoms with Gasteiger partial charge >= 0.3 is 0 Å². The standard InChI is InChI=1S/C14H25N3O/c1-3-4-8-17(9-10-18)14(12(2)15)13-6-5-7-16-11-13/h5-7,11-12,14,18H,3-4,8-10,15H2,1-2H3.